The SMILES string of the molecule is CO[C@@H]1[C@@H](O)[C@H](O[C@@H]2[C@@H](O)[C@H](O[C@H]3[C@H](O)[C@@H](O[C@@H]4O[C@H](CO)[C@@H](O)[C@H](O)[C@H]4O)[C@H](O[C@H]4[C@H](O[C@H]5CC[C@]6(C)[C@H]7CC[C@]89C(=O)O[C@@](C)(CC(=O)CC(C)C)[C@H]8CC[C@@]9(C)C7=CC[C@H]6C5(C)C)OC[C@@H](OS(=O)(=O)O)[C@@H]4O)O[C@@H]3C)O[C@H](CO)[C@H]2O)OC[C@H]1O. The van der Waals surface area contributed by atoms with E-state index in [1.807, 2.05) is 20.8 Å². The zero-order valence-corrected chi connectivity index (χ0v) is 52.5. The van der Waals surface area contributed by atoms with Gasteiger partial charge >= 0.3 is 16.4 Å². The second kappa shape index (κ2) is 26.1. The number of ketones is 1. The first-order valence-electron chi connectivity index (χ1n) is 31.2. The molecule has 12 N–H and O–H groups in total. The van der Waals surface area contributed by atoms with Gasteiger partial charge in [-0.15, -0.1) is 0 Å². The first kappa shape index (κ1) is 69.7. The second-order valence-corrected chi connectivity index (χ2v) is 29.2. The number of aliphatic hydroxyl groups excluding tert-OH is 11. The third-order valence-corrected chi connectivity index (χ3v) is 22.5. The van der Waals surface area contributed by atoms with Gasteiger partial charge in [-0.25, -0.2) is 4.18 Å². The van der Waals surface area contributed by atoms with Crippen molar-refractivity contribution in [1.29, 1.82) is 0 Å². The van der Waals surface area contributed by atoms with Gasteiger partial charge in [-0.3, -0.25) is 14.1 Å². The number of cyclic esters (lactones) is 1. The van der Waals surface area contributed by atoms with Gasteiger partial charge in [-0.05, 0) is 87.4 Å². The summed E-state index contributed by atoms with van der Waals surface area (Å²) in [5.74, 6) is -0.0824. The van der Waals surface area contributed by atoms with E-state index in [9.17, 15) is 78.7 Å². The van der Waals surface area contributed by atoms with Crippen LogP contribution in [0.5, 0.6) is 0 Å². The Morgan fingerprint density at radius 2 is 1.26 bits per heavy atom. The van der Waals surface area contributed by atoms with Gasteiger partial charge in [0.1, 0.15) is 115 Å². The summed E-state index contributed by atoms with van der Waals surface area (Å²) in [4.78, 5) is 27.8. The largest absolute Gasteiger partial charge is 0.458 e. The zero-order valence-electron chi connectivity index (χ0n) is 51.7. The summed E-state index contributed by atoms with van der Waals surface area (Å²) < 4.78 is 112. The quantitative estimate of drug-likeness (QED) is 0.0384. The molecule has 29 nitrogen and oxygen atoms in total. The Bertz CT molecular complexity index is 2650. The van der Waals surface area contributed by atoms with E-state index in [-0.39, 0.29) is 47.3 Å². The standard InChI is InChI=1S/C59H94O29S/c1-24(2)18-26(62)19-58(8)34-13-16-57(7)28-10-11-33-55(4,5)35(14-15-56(33,6)27(28)12-17-59(34,57)54(72)87-58)82-52-47(38(66)32(23-78-52)88-89(73,74)75)86-53-48(85-50-40(68)39(67)36(64)30(20-60)80-50)41(69)44(25(3)79-53)83-51-43(71)46(37(65)31(21-61)81-51)84-49-42(70)45(76-9)29(63)22-77-49/h10,24-25,27,29-53,60-61,63-71H,11-23H2,1-9H3,(H,73,74,75)/t25-,27+,29-,30-,31-,32-,33+,34-,35+,36-,37-,38+,39+,40-,41+,42-,43-,44-,45+,46+,47-,48-,49+,50+,51+,52+,53+,56-,57+,58+,59-/m1/s1. The number of hydrogen-bond acceptors (Lipinski definition) is 28. The van der Waals surface area contributed by atoms with Gasteiger partial charge in [0.05, 0.1) is 44.1 Å². The van der Waals surface area contributed by atoms with Crippen LogP contribution in [0.1, 0.15) is 113 Å². The Morgan fingerprint density at radius 1 is 0.652 bits per heavy atom. The summed E-state index contributed by atoms with van der Waals surface area (Å²) in [7, 11) is -4.06. The normalized spacial score (nSPS) is 50.7. The van der Waals surface area contributed by atoms with Crippen LogP contribution in [0.3, 0.4) is 0 Å². The predicted octanol–water partition coefficient (Wildman–Crippen LogP) is -1.84. The molecule has 10 aliphatic rings. The number of carbonyl (C=O) groups is 2. The molecule has 0 bridgehead atoms. The smallest absolute Gasteiger partial charge is 0.397 e. The highest BCUT2D eigenvalue weighted by atomic mass is 32.3. The maximum atomic E-state index is 14.5. The maximum absolute atomic E-state index is 14.5. The average molecular weight is 1300 g/mol. The highest BCUT2D eigenvalue weighted by Gasteiger charge is 2.76. The van der Waals surface area contributed by atoms with Gasteiger partial charge in [-0.2, -0.15) is 8.42 Å². The summed E-state index contributed by atoms with van der Waals surface area (Å²) in [6, 6.07) is 0. The van der Waals surface area contributed by atoms with Crippen LogP contribution in [0.4, 0.5) is 0 Å². The molecule has 9 fully saturated rings. The van der Waals surface area contributed by atoms with Crippen LogP contribution in [0.2, 0.25) is 0 Å². The molecule has 0 aromatic heterocycles. The summed E-state index contributed by atoms with van der Waals surface area (Å²) in [5, 5.41) is 122. The Kier molecular flexibility index (Phi) is 20.5. The molecule has 0 radical (unpaired) electrons. The van der Waals surface area contributed by atoms with Crippen LogP contribution in [-0.4, -0.2) is 267 Å². The fourth-order valence-electron chi connectivity index (χ4n) is 17.6. The van der Waals surface area contributed by atoms with Crippen molar-refractivity contribution in [1.82, 2.24) is 0 Å². The number of ether oxygens (including phenoxy) is 12. The number of Topliss-reactive ketones (excluding diaryl/α,β-unsaturated/α-hetero) is 1. The number of rotatable bonds is 19. The van der Waals surface area contributed by atoms with E-state index in [1.54, 1.807) is 0 Å². The van der Waals surface area contributed by atoms with E-state index >= 15 is 0 Å². The van der Waals surface area contributed by atoms with E-state index in [2.05, 4.69) is 33.8 Å². The molecule has 510 valence electrons. The number of carbonyl (C=O) groups excluding carboxylic acids is 2. The third-order valence-electron chi connectivity index (χ3n) is 22.0. The number of fused-ring (bicyclic) bond motifs is 4. The van der Waals surface area contributed by atoms with Crippen molar-refractivity contribution >= 4 is 22.2 Å². The highest BCUT2D eigenvalue weighted by Crippen LogP contribution is 2.76. The lowest BCUT2D eigenvalue weighted by atomic mass is 9.41. The molecule has 89 heavy (non-hydrogen) atoms. The van der Waals surface area contributed by atoms with E-state index in [0.29, 0.717) is 38.5 Å². The van der Waals surface area contributed by atoms with Crippen molar-refractivity contribution in [3.05, 3.63) is 11.6 Å². The van der Waals surface area contributed by atoms with Gasteiger partial charge in [0.2, 0.25) is 0 Å². The molecule has 6 saturated heterocycles. The Hall–Kier alpha value is -2.13. The second-order valence-electron chi connectivity index (χ2n) is 28.2. The molecule has 0 amide bonds. The van der Waals surface area contributed by atoms with Gasteiger partial charge in [0.25, 0.3) is 0 Å². The number of methoxy groups -OCH3 is 1. The minimum atomic E-state index is -5.28. The van der Waals surface area contributed by atoms with Gasteiger partial charge in [0, 0.05) is 31.3 Å². The zero-order chi connectivity index (χ0) is 65.0. The minimum Gasteiger partial charge on any atom is -0.458 e. The molecule has 6 heterocycles. The lowest BCUT2D eigenvalue weighted by molar-refractivity contribution is -0.405. The van der Waals surface area contributed by atoms with Crippen molar-refractivity contribution in [2.75, 3.05) is 33.5 Å². The maximum Gasteiger partial charge on any atom is 0.397 e. The molecule has 4 aliphatic carbocycles. The van der Waals surface area contributed by atoms with Crippen molar-refractivity contribution in [3.8, 4) is 0 Å². The summed E-state index contributed by atoms with van der Waals surface area (Å²) in [6.07, 6.45) is -34.3. The lowest BCUT2D eigenvalue weighted by Crippen LogP contribution is -2.68. The molecular weight excluding hydrogens is 1200 g/mol. The van der Waals surface area contributed by atoms with Crippen LogP contribution < -0.4 is 0 Å². The minimum absolute atomic E-state index is 0.0464. The number of allylic oxidation sites excluding steroid dienone is 2. The van der Waals surface area contributed by atoms with Crippen LogP contribution in [0.15, 0.2) is 11.6 Å². The molecule has 6 aliphatic heterocycles. The van der Waals surface area contributed by atoms with Crippen molar-refractivity contribution in [3.63, 3.8) is 0 Å². The van der Waals surface area contributed by atoms with Crippen LogP contribution in [0, 0.1) is 45.3 Å². The lowest BCUT2D eigenvalue weighted by Gasteiger charge is -2.64. The van der Waals surface area contributed by atoms with E-state index in [1.165, 1.54) is 19.6 Å². The Morgan fingerprint density at radius 3 is 1.91 bits per heavy atom. The van der Waals surface area contributed by atoms with E-state index in [0.717, 1.165) is 12.8 Å². The van der Waals surface area contributed by atoms with Crippen LogP contribution in [0.25, 0.3) is 0 Å². The van der Waals surface area contributed by atoms with Crippen molar-refractivity contribution in [2.24, 2.45) is 45.3 Å². The van der Waals surface area contributed by atoms with E-state index < -0.39 is 206 Å². The molecule has 31 atom stereocenters. The third kappa shape index (κ3) is 12.4. The fourth-order valence-corrected chi connectivity index (χ4v) is 18.0. The molecule has 0 aromatic carbocycles. The highest BCUT2D eigenvalue weighted by molar-refractivity contribution is 7.80. The molecule has 0 aromatic rings. The first-order valence-corrected chi connectivity index (χ1v) is 32.5. The van der Waals surface area contributed by atoms with E-state index in [4.69, 9.17) is 61.0 Å². The first-order chi connectivity index (χ1) is 41.7. The average Bonchev–Trinajstić information content (AvgIpc) is 1.55. The van der Waals surface area contributed by atoms with Gasteiger partial charge < -0.3 is 113 Å². The van der Waals surface area contributed by atoms with Gasteiger partial charge in [-0.1, -0.05) is 53.2 Å². The van der Waals surface area contributed by atoms with Crippen LogP contribution in [-0.2, 0) is 81.0 Å². The summed E-state index contributed by atoms with van der Waals surface area (Å²) in [5.41, 5.74) is -1.98. The molecule has 3 saturated carbocycles. The van der Waals surface area contributed by atoms with Crippen molar-refractivity contribution in [2.45, 2.75) is 266 Å². The monoisotopic (exact) mass is 1300 g/mol. The summed E-state index contributed by atoms with van der Waals surface area (Å²) >= 11 is 0. The van der Waals surface area contributed by atoms with Crippen molar-refractivity contribution < 1.29 is 140 Å². The fraction of sp³-hybridized carbons (Fsp3) is 0.932. The number of hydrogen-bond donors (Lipinski definition) is 12. The molecule has 30 heteroatoms. The van der Waals surface area contributed by atoms with Crippen LogP contribution >= 0.6 is 0 Å². The molecular formula is C59H94O29S. The molecule has 0 unspecified atom stereocenters. The predicted molar refractivity (Wildman–Crippen MR) is 298 cm³/mol. The Labute approximate surface area is 517 Å². The number of esters is 1. The number of aliphatic hydroxyl groups is 11. The topological polar surface area (TPSA) is 431 Å². The van der Waals surface area contributed by atoms with Gasteiger partial charge in [0.15, 0.2) is 31.5 Å². The Balaban J connectivity index is 0.914. The molecule has 1 spiro atoms. The molecule has 10 rings (SSSR count). The summed E-state index contributed by atoms with van der Waals surface area (Å²) in [6.45, 7) is 13.1.